The monoisotopic (exact) mass is 432 g/mol. The lowest BCUT2D eigenvalue weighted by Crippen LogP contribution is -2.62. The van der Waals surface area contributed by atoms with Gasteiger partial charge >= 0.3 is 5.97 Å². The summed E-state index contributed by atoms with van der Waals surface area (Å²) in [6.07, 6.45) is 1.46. The first-order chi connectivity index (χ1) is 15.1. The zero-order chi connectivity index (χ0) is 22.5. The zero-order valence-electron chi connectivity index (χ0n) is 18.0. The van der Waals surface area contributed by atoms with Crippen molar-refractivity contribution in [2.24, 2.45) is 0 Å². The predicted octanol–water partition coefficient (Wildman–Crippen LogP) is 3.20. The van der Waals surface area contributed by atoms with Gasteiger partial charge in [-0.1, -0.05) is 48.6 Å². The molecule has 1 fully saturated rings. The molecular weight excluding hydrogens is 400 g/mol. The van der Waals surface area contributed by atoms with E-state index in [-0.39, 0.29) is 26.4 Å². The highest BCUT2D eigenvalue weighted by Crippen LogP contribution is 2.29. The Morgan fingerprint density at radius 1 is 0.935 bits per heavy atom. The number of ether oxygens (including phenoxy) is 6. The van der Waals surface area contributed by atoms with Crippen molar-refractivity contribution in [1.29, 1.82) is 0 Å². The van der Waals surface area contributed by atoms with Crippen molar-refractivity contribution in [3.05, 3.63) is 73.9 Å². The summed E-state index contributed by atoms with van der Waals surface area (Å²) in [5, 5.41) is 0. The van der Waals surface area contributed by atoms with Crippen LogP contribution in [-0.4, -0.2) is 63.1 Å². The quantitative estimate of drug-likeness (QED) is 0.330. The van der Waals surface area contributed by atoms with Crippen LogP contribution in [0.4, 0.5) is 0 Å². The molecule has 7 heteroatoms. The lowest BCUT2D eigenvalue weighted by atomic mass is 9.98. The van der Waals surface area contributed by atoms with Crippen LogP contribution in [0.1, 0.15) is 12.5 Å². The van der Waals surface area contributed by atoms with E-state index in [4.69, 9.17) is 28.4 Å². The molecule has 7 nitrogen and oxygen atoms in total. The molecule has 31 heavy (non-hydrogen) atoms. The number of hydrogen-bond acceptors (Lipinski definition) is 7. The Hall–Kier alpha value is -2.29. The van der Waals surface area contributed by atoms with Crippen molar-refractivity contribution >= 4 is 5.97 Å². The molecule has 0 bridgehead atoms. The van der Waals surface area contributed by atoms with Gasteiger partial charge in [-0.15, -0.1) is 19.7 Å². The van der Waals surface area contributed by atoms with Gasteiger partial charge in [0.2, 0.25) is 6.29 Å². The van der Waals surface area contributed by atoms with Gasteiger partial charge < -0.3 is 28.4 Å². The lowest BCUT2D eigenvalue weighted by molar-refractivity contribution is -0.311. The third-order valence-corrected chi connectivity index (χ3v) is 4.49. The average molecular weight is 433 g/mol. The molecule has 0 radical (unpaired) electrons. The Bertz CT molecular complexity index is 690. The summed E-state index contributed by atoms with van der Waals surface area (Å²) in [7, 11) is 0. The second kappa shape index (κ2) is 13.9. The molecule has 1 aromatic carbocycles. The predicted molar refractivity (Wildman–Crippen MR) is 116 cm³/mol. The zero-order valence-corrected chi connectivity index (χ0v) is 18.0. The van der Waals surface area contributed by atoms with E-state index in [1.807, 2.05) is 30.3 Å². The molecule has 1 aromatic rings. The van der Waals surface area contributed by atoms with E-state index < -0.39 is 36.7 Å². The maximum atomic E-state index is 11.7. The average Bonchev–Trinajstić information content (AvgIpc) is 2.76. The third-order valence-electron chi connectivity index (χ3n) is 4.49. The lowest BCUT2D eigenvalue weighted by Gasteiger charge is -2.45. The molecular formula is C24H32O7. The molecule has 1 saturated heterocycles. The Morgan fingerprint density at radius 2 is 1.52 bits per heavy atom. The smallest absolute Gasteiger partial charge is 0.305 e. The summed E-state index contributed by atoms with van der Waals surface area (Å²) in [5.74, 6) is -0.492. The summed E-state index contributed by atoms with van der Waals surface area (Å²) in [4.78, 5) is 11.7. The number of esters is 1. The van der Waals surface area contributed by atoms with Gasteiger partial charge in [0.1, 0.15) is 24.4 Å². The molecule has 0 aliphatic carbocycles. The molecule has 5 atom stereocenters. The molecule has 170 valence electrons. The molecule has 0 N–H and O–H groups in total. The van der Waals surface area contributed by atoms with Crippen LogP contribution in [0.2, 0.25) is 0 Å². The van der Waals surface area contributed by atoms with Crippen LogP contribution in [-0.2, 0) is 39.8 Å². The summed E-state index contributed by atoms with van der Waals surface area (Å²) in [6, 6.07) is 9.79. The third kappa shape index (κ3) is 8.05. The Kier molecular flexibility index (Phi) is 11.2. The van der Waals surface area contributed by atoms with Crippen molar-refractivity contribution in [2.45, 2.75) is 44.2 Å². The van der Waals surface area contributed by atoms with Gasteiger partial charge in [-0.2, -0.15) is 0 Å². The van der Waals surface area contributed by atoms with Crippen molar-refractivity contribution in [3.63, 3.8) is 0 Å². The first-order valence-corrected chi connectivity index (χ1v) is 10.2. The van der Waals surface area contributed by atoms with Crippen LogP contribution in [0.25, 0.3) is 0 Å². The van der Waals surface area contributed by atoms with Crippen LogP contribution < -0.4 is 0 Å². The number of carbonyl (C=O) groups is 1. The van der Waals surface area contributed by atoms with Crippen molar-refractivity contribution in [3.8, 4) is 0 Å². The first-order valence-electron chi connectivity index (χ1n) is 10.2. The fourth-order valence-corrected chi connectivity index (χ4v) is 3.24. The largest absolute Gasteiger partial charge is 0.433 e. The summed E-state index contributed by atoms with van der Waals surface area (Å²) in [6.45, 7) is 13.8. The second-order valence-electron chi connectivity index (χ2n) is 6.91. The van der Waals surface area contributed by atoms with Crippen LogP contribution in [0.15, 0.2) is 68.3 Å². The van der Waals surface area contributed by atoms with Gasteiger partial charge in [0.15, 0.2) is 0 Å². The summed E-state index contributed by atoms with van der Waals surface area (Å²) >= 11 is 0. The molecule has 1 heterocycles. The molecule has 1 aliphatic rings. The van der Waals surface area contributed by atoms with E-state index in [1.165, 1.54) is 6.92 Å². The van der Waals surface area contributed by atoms with Crippen molar-refractivity contribution in [1.82, 2.24) is 0 Å². The fourth-order valence-electron chi connectivity index (χ4n) is 3.24. The SMILES string of the molecule is C=CCO[C@H]1[C@H](OCC=C)[C@@H](COCc2ccccc2)OC(OC(C)=O)[C@H]1OCC=C. The molecule has 0 amide bonds. The fraction of sp³-hybridized carbons (Fsp3) is 0.458. The maximum Gasteiger partial charge on any atom is 0.305 e. The van der Waals surface area contributed by atoms with Gasteiger partial charge in [-0.3, -0.25) is 4.79 Å². The van der Waals surface area contributed by atoms with Crippen LogP contribution in [0, 0.1) is 0 Å². The van der Waals surface area contributed by atoms with Gasteiger partial charge in [0.05, 0.1) is 33.0 Å². The van der Waals surface area contributed by atoms with E-state index >= 15 is 0 Å². The molecule has 0 spiro atoms. The topological polar surface area (TPSA) is 72.5 Å². The van der Waals surface area contributed by atoms with Crippen molar-refractivity contribution in [2.75, 3.05) is 26.4 Å². The van der Waals surface area contributed by atoms with E-state index in [2.05, 4.69) is 19.7 Å². The Balaban J connectivity index is 2.21. The van der Waals surface area contributed by atoms with Crippen LogP contribution in [0.5, 0.6) is 0 Å². The molecule has 0 saturated carbocycles. The Morgan fingerprint density at radius 3 is 2.10 bits per heavy atom. The molecule has 0 aromatic heterocycles. The second-order valence-corrected chi connectivity index (χ2v) is 6.91. The van der Waals surface area contributed by atoms with Gasteiger partial charge in [0, 0.05) is 6.92 Å². The van der Waals surface area contributed by atoms with Crippen molar-refractivity contribution < 1.29 is 33.2 Å². The van der Waals surface area contributed by atoms with Crippen LogP contribution >= 0.6 is 0 Å². The summed E-state index contributed by atoms with van der Waals surface area (Å²) < 4.78 is 35.2. The van der Waals surface area contributed by atoms with E-state index in [1.54, 1.807) is 18.2 Å². The number of carbonyl (C=O) groups excluding carboxylic acids is 1. The minimum atomic E-state index is -0.985. The molecule has 1 aliphatic heterocycles. The molecule has 2 rings (SSSR count). The molecule has 1 unspecified atom stereocenters. The van der Waals surface area contributed by atoms with E-state index in [9.17, 15) is 4.79 Å². The highest BCUT2D eigenvalue weighted by atomic mass is 16.7. The van der Waals surface area contributed by atoms with Gasteiger partial charge in [0.25, 0.3) is 0 Å². The van der Waals surface area contributed by atoms with Crippen LogP contribution in [0.3, 0.4) is 0 Å². The highest BCUT2D eigenvalue weighted by molar-refractivity contribution is 5.66. The standard InChI is InChI=1S/C24H32O7/c1-5-13-27-21-20(17-26-16-19-11-9-8-10-12-19)31-24(30-18(4)25)23(29-15-7-3)22(21)28-14-6-2/h5-12,20-24H,1-3,13-17H2,4H3/t20-,21-,22+,23+,24?/m1/s1. The van der Waals surface area contributed by atoms with Gasteiger partial charge in [-0.25, -0.2) is 0 Å². The Labute approximate surface area is 184 Å². The highest BCUT2D eigenvalue weighted by Gasteiger charge is 2.49. The minimum absolute atomic E-state index is 0.205. The number of benzene rings is 1. The number of rotatable bonds is 14. The van der Waals surface area contributed by atoms with Gasteiger partial charge in [-0.05, 0) is 5.56 Å². The van der Waals surface area contributed by atoms with E-state index in [0.29, 0.717) is 6.61 Å². The first kappa shape index (κ1) is 25.0. The van der Waals surface area contributed by atoms with E-state index in [0.717, 1.165) is 5.56 Å². The normalized spacial score (nSPS) is 25.5. The minimum Gasteiger partial charge on any atom is -0.433 e. The summed E-state index contributed by atoms with van der Waals surface area (Å²) in [5.41, 5.74) is 1.03. The number of hydrogen-bond donors (Lipinski definition) is 0. The maximum absolute atomic E-state index is 11.7.